The number of nitrogens with zero attached hydrogens (tertiary/aromatic N) is 1. The van der Waals surface area contributed by atoms with E-state index >= 15 is 0 Å². The summed E-state index contributed by atoms with van der Waals surface area (Å²) in [6.45, 7) is 2.75. The molecule has 94 valence electrons. The van der Waals surface area contributed by atoms with Crippen LogP contribution in [0.1, 0.15) is 16.1 Å². The summed E-state index contributed by atoms with van der Waals surface area (Å²) in [5, 5.41) is 9.09. The molecule has 4 heteroatoms. The number of ether oxygens (including phenoxy) is 1. The van der Waals surface area contributed by atoms with Gasteiger partial charge in [0, 0.05) is 6.20 Å². The lowest BCUT2D eigenvalue weighted by Crippen LogP contribution is -2.13. The van der Waals surface area contributed by atoms with E-state index in [0.717, 1.165) is 11.3 Å². The fraction of sp³-hybridized carbons (Fsp3) is 0.214. The predicted molar refractivity (Wildman–Crippen MR) is 68.1 cm³/mol. The minimum absolute atomic E-state index is 0.326. The van der Waals surface area contributed by atoms with Crippen molar-refractivity contribution in [1.29, 1.82) is 0 Å². The van der Waals surface area contributed by atoms with E-state index in [0.29, 0.717) is 18.8 Å². The molecule has 1 aromatic heterocycles. The molecule has 2 rings (SSSR count). The molecule has 0 bridgehead atoms. The number of hydrogen-bond acceptors (Lipinski definition) is 2. The van der Waals surface area contributed by atoms with Gasteiger partial charge in [0.15, 0.2) is 0 Å². The molecular formula is C14H15NO3. The summed E-state index contributed by atoms with van der Waals surface area (Å²) in [5.41, 5.74) is 1.09. The van der Waals surface area contributed by atoms with Gasteiger partial charge < -0.3 is 14.4 Å². The molecule has 0 aliphatic heterocycles. The van der Waals surface area contributed by atoms with Crippen LogP contribution in [0.15, 0.2) is 42.6 Å². The second-order valence-electron chi connectivity index (χ2n) is 4.01. The van der Waals surface area contributed by atoms with Crippen molar-refractivity contribution in [2.45, 2.75) is 13.5 Å². The standard InChI is InChI=1S/C14H15NO3/c1-11-7-8-15(13(11)14(16)17)9-10-18-12-5-3-2-4-6-12/h2-8H,9-10H2,1H3,(H,16,17). The first-order valence-electron chi connectivity index (χ1n) is 5.75. The van der Waals surface area contributed by atoms with Crippen molar-refractivity contribution in [3.63, 3.8) is 0 Å². The minimum Gasteiger partial charge on any atom is -0.492 e. The van der Waals surface area contributed by atoms with Crippen LogP contribution in [-0.4, -0.2) is 22.2 Å². The van der Waals surface area contributed by atoms with Crippen LogP contribution in [0.2, 0.25) is 0 Å². The highest BCUT2D eigenvalue weighted by molar-refractivity contribution is 5.87. The molecule has 0 radical (unpaired) electrons. The molecule has 1 heterocycles. The van der Waals surface area contributed by atoms with Gasteiger partial charge in [0.2, 0.25) is 0 Å². The quantitative estimate of drug-likeness (QED) is 0.880. The van der Waals surface area contributed by atoms with Crippen LogP contribution >= 0.6 is 0 Å². The maximum atomic E-state index is 11.1. The summed E-state index contributed by atoms with van der Waals surface area (Å²) in [6.07, 6.45) is 1.77. The van der Waals surface area contributed by atoms with Crippen molar-refractivity contribution < 1.29 is 14.6 Å². The number of carbonyl (C=O) groups is 1. The molecule has 0 spiro atoms. The first-order chi connectivity index (χ1) is 8.68. The van der Waals surface area contributed by atoms with Gasteiger partial charge in [-0.25, -0.2) is 4.79 Å². The number of aromatic carboxylic acids is 1. The normalized spacial score (nSPS) is 10.3. The lowest BCUT2D eigenvalue weighted by molar-refractivity contribution is 0.0683. The molecule has 1 N–H and O–H groups in total. The maximum Gasteiger partial charge on any atom is 0.352 e. The number of aromatic nitrogens is 1. The van der Waals surface area contributed by atoms with Crippen LogP contribution in [0.4, 0.5) is 0 Å². The molecule has 2 aromatic rings. The Morgan fingerprint density at radius 2 is 2.00 bits per heavy atom. The zero-order valence-electron chi connectivity index (χ0n) is 10.2. The lowest BCUT2D eigenvalue weighted by atomic mass is 10.3. The highest BCUT2D eigenvalue weighted by Crippen LogP contribution is 2.11. The maximum absolute atomic E-state index is 11.1. The molecule has 0 atom stereocenters. The number of benzene rings is 1. The average Bonchev–Trinajstić information content (AvgIpc) is 2.72. The monoisotopic (exact) mass is 245 g/mol. The van der Waals surface area contributed by atoms with Gasteiger partial charge in [-0.2, -0.15) is 0 Å². The number of carboxylic acids is 1. The van der Waals surface area contributed by atoms with Crippen molar-refractivity contribution in [1.82, 2.24) is 4.57 Å². The van der Waals surface area contributed by atoms with E-state index in [1.54, 1.807) is 23.8 Å². The van der Waals surface area contributed by atoms with Gasteiger partial charge in [-0.3, -0.25) is 0 Å². The average molecular weight is 245 g/mol. The molecule has 0 amide bonds. The van der Waals surface area contributed by atoms with Crippen molar-refractivity contribution in [2.75, 3.05) is 6.61 Å². The Morgan fingerprint density at radius 1 is 1.28 bits per heavy atom. The van der Waals surface area contributed by atoms with Crippen LogP contribution in [0.5, 0.6) is 5.75 Å². The van der Waals surface area contributed by atoms with Gasteiger partial charge in [-0.15, -0.1) is 0 Å². The predicted octanol–water partition coefficient (Wildman–Crippen LogP) is 2.57. The molecule has 18 heavy (non-hydrogen) atoms. The molecule has 0 saturated carbocycles. The Morgan fingerprint density at radius 3 is 2.67 bits per heavy atom. The third-order valence-electron chi connectivity index (χ3n) is 2.71. The lowest BCUT2D eigenvalue weighted by Gasteiger charge is -2.09. The zero-order chi connectivity index (χ0) is 13.0. The van der Waals surface area contributed by atoms with Crippen LogP contribution in [0.25, 0.3) is 0 Å². The van der Waals surface area contributed by atoms with Crippen LogP contribution in [0, 0.1) is 6.92 Å². The SMILES string of the molecule is Cc1ccn(CCOc2ccccc2)c1C(=O)O. The van der Waals surface area contributed by atoms with Crippen molar-refractivity contribution >= 4 is 5.97 Å². The highest BCUT2D eigenvalue weighted by atomic mass is 16.5. The molecule has 0 saturated heterocycles. The summed E-state index contributed by atoms with van der Waals surface area (Å²) in [4.78, 5) is 11.1. The van der Waals surface area contributed by atoms with E-state index < -0.39 is 5.97 Å². The Labute approximate surface area is 105 Å². The molecule has 0 unspecified atom stereocenters. The molecule has 4 nitrogen and oxygen atoms in total. The van der Waals surface area contributed by atoms with E-state index in [1.165, 1.54) is 0 Å². The molecule has 1 aromatic carbocycles. The smallest absolute Gasteiger partial charge is 0.352 e. The van der Waals surface area contributed by atoms with E-state index in [2.05, 4.69) is 0 Å². The van der Waals surface area contributed by atoms with Gasteiger partial charge in [-0.05, 0) is 30.7 Å². The molecular weight excluding hydrogens is 230 g/mol. The van der Waals surface area contributed by atoms with Crippen LogP contribution in [0.3, 0.4) is 0 Å². The Hall–Kier alpha value is -2.23. The van der Waals surface area contributed by atoms with Crippen molar-refractivity contribution in [3.05, 3.63) is 53.9 Å². The summed E-state index contributed by atoms with van der Waals surface area (Å²) in [6, 6.07) is 11.3. The van der Waals surface area contributed by atoms with E-state index in [1.807, 2.05) is 30.3 Å². The first-order valence-corrected chi connectivity index (χ1v) is 5.75. The summed E-state index contributed by atoms with van der Waals surface area (Å²) >= 11 is 0. The molecule has 0 aliphatic rings. The second kappa shape index (κ2) is 5.40. The number of carboxylic acid groups (broad SMARTS) is 1. The number of rotatable bonds is 5. The van der Waals surface area contributed by atoms with Gasteiger partial charge >= 0.3 is 5.97 Å². The summed E-state index contributed by atoms with van der Waals surface area (Å²) in [7, 11) is 0. The highest BCUT2D eigenvalue weighted by Gasteiger charge is 2.12. The van der Waals surface area contributed by atoms with Gasteiger partial charge in [0.1, 0.15) is 18.1 Å². The van der Waals surface area contributed by atoms with E-state index in [-0.39, 0.29) is 0 Å². The van der Waals surface area contributed by atoms with Crippen molar-refractivity contribution in [2.24, 2.45) is 0 Å². The van der Waals surface area contributed by atoms with E-state index in [4.69, 9.17) is 9.84 Å². The van der Waals surface area contributed by atoms with Crippen molar-refractivity contribution in [3.8, 4) is 5.75 Å². The van der Waals surface area contributed by atoms with Crippen LogP contribution < -0.4 is 4.74 Å². The van der Waals surface area contributed by atoms with Crippen LogP contribution in [-0.2, 0) is 6.54 Å². The number of para-hydroxylation sites is 1. The topological polar surface area (TPSA) is 51.5 Å². The van der Waals surface area contributed by atoms with E-state index in [9.17, 15) is 4.79 Å². The third kappa shape index (κ3) is 2.71. The Balaban J connectivity index is 1.97. The molecule has 0 aliphatic carbocycles. The summed E-state index contributed by atoms with van der Waals surface area (Å²) in [5.74, 6) is -0.115. The van der Waals surface area contributed by atoms with Gasteiger partial charge in [-0.1, -0.05) is 18.2 Å². The fourth-order valence-electron chi connectivity index (χ4n) is 1.84. The largest absolute Gasteiger partial charge is 0.492 e. The second-order valence-corrected chi connectivity index (χ2v) is 4.01. The minimum atomic E-state index is -0.905. The number of aryl methyl sites for hydroxylation is 1. The zero-order valence-corrected chi connectivity index (χ0v) is 10.2. The first kappa shape index (κ1) is 12.2. The van der Waals surface area contributed by atoms with Gasteiger partial charge in [0.05, 0.1) is 6.54 Å². The Bertz CT molecular complexity index is 531. The molecule has 0 fully saturated rings. The number of hydrogen-bond donors (Lipinski definition) is 1. The van der Waals surface area contributed by atoms with Gasteiger partial charge in [0.25, 0.3) is 0 Å². The Kier molecular flexibility index (Phi) is 3.67. The third-order valence-corrected chi connectivity index (χ3v) is 2.71. The summed E-state index contributed by atoms with van der Waals surface area (Å²) < 4.78 is 7.24. The fourth-order valence-corrected chi connectivity index (χ4v) is 1.84.